The topological polar surface area (TPSA) is 89.7 Å². The molecule has 27 heavy (non-hydrogen) atoms. The van der Waals surface area contributed by atoms with Crippen LogP contribution in [0.4, 0.5) is 11.5 Å². The van der Waals surface area contributed by atoms with E-state index >= 15 is 0 Å². The van der Waals surface area contributed by atoms with Gasteiger partial charge in [0.25, 0.3) is 5.91 Å². The van der Waals surface area contributed by atoms with Crippen LogP contribution in [0.1, 0.15) is 22.8 Å². The van der Waals surface area contributed by atoms with E-state index in [1.165, 1.54) is 19.2 Å². The molecule has 1 aromatic heterocycles. The van der Waals surface area contributed by atoms with Crippen LogP contribution in [-0.2, 0) is 11.3 Å². The van der Waals surface area contributed by atoms with E-state index in [1.54, 1.807) is 6.20 Å². The minimum absolute atomic E-state index is 0.196. The van der Waals surface area contributed by atoms with Crippen molar-refractivity contribution in [2.45, 2.75) is 19.6 Å². The number of nitrogens with two attached hydrogens (primary N) is 1. The number of hydrogen-bond donors (Lipinski definition) is 2. The van der Waals surface area contributed by atoms with Crippen molar-refractivity contribution < 1.29 is 14.3 Å². The van der Waals surface area contributed by atoms with Gasteiger partial charge >= 0.3 is 0 Å². The van der Waals surface area contributed by atoms with Crippen LogP contribution in [0.2, 0.25) is 5.02 Å². The minimum atomic E-state index is -0.292. The first-order valence-corrected chi connectivity index (χ1v) is 9.08. The predicted molar refractivity (Wildman–Crippen MR) is 105 cm³/mol. The van der Waals surface area contributed by atoms with Gasteiger partial charge in [-0.05, 0) is 24.6 Å². The molecule has 3 rings (SSSR count). The highest BCUT2D eigenvalue weighted by Crippen LogP contribution is 2.28. The fraction of sp³-hybridized carbons (Fsp3) is 0.368. The molecule has 1 saturated heterocycles. The fourth-order valence-corrected chi connectivity index (χ4v) is 3.09. The molecule has 2 aromatic rings. The zero-order valence-corrected chi connectivity index (χ0v) is 16.1. The lowest BCUT2D eigenvalue weighted by Crippen LogP contribution is -2.41. The number of nitrogens with zero attached hydrogens (tertiary/aromatic N) is 2. The maximum atomic E-state index is 12.5. The summed E-state index contributed by atoms with van der Waals surface area (Å²) in [5.41, 5.74) is 7.35. The number of anilines is 2. The van der Waals surface area contributed by atoms with Crippen molar-refractivity contribution in [3.05, 3.63) is 46.6 Å². The number of nitrogen functional groups attached to an aromatic ring is 1. The molecule has 144 valence electrons. The Morgan fingerprint density at radius 2 is 2.30 bits per heavy atom. The van der Waals surface area contributed by atoms with Crippen LogP contribution in [-0.4, -0.2) is 43.8 Å². The van der Waals surface area contributed by atoms with Crippen molar-refractivity contribution in [1.82, 2.24) is 10.3 Å². The molecule has 1 aromatic carbocycles. The zero-order valence-electron chi connectivity index (χ0n) is 15.4. The number of morpholine rings is 1. The molecule has 0 radical (unpaired) electrons. The number of carbonyl (C=O) groups is 1. The number of methoxy groups -OCH3 is 1. The summed E-state index contributed by atoms with van der Waals surface area (Å²) < 4.78 is 10.8. The molecule has 8 heteroatoms. The van der Waals surface area contributed by atoms with E-state index in [4.69, 9.17) is 26.8 Å². The Balaban J connectivity index is 1.63. The van der Waals surface area contributed by atoms with Crippen molar-refractivity contribution in [3.63, 3.8) is 0 Å². The standard InChI is InChI=1S/C19H23ClN4O3/c1-12-11-24(5-6-27-12)18-4-3-13(9-22-18)10-23-19(25)14-7-15(20)16(21)8-17(14)26-2/h3-4,7-9,12H,5-6,10-11,21H2,1-2H3,(H,23,25). The molecule has 1 unspecified atom stereocenters. The lowest BCUT2D eigenvalue weighted by molar-refractivity contribution is 0.0529. The van der Waals surface area contributed by atoms with Crippen LogP contribution < -0.4 is 20.7 Å². The third-order valence-corrected chi connectivity index (χ3v) is 4.72. The van der Waals surface area contributed by atoms with E-state index in [-0.39, 0.29) is 12.0 Å². The number of aromatic nitrogens is 1. The average Bonchev–Trinajstić information content (AvgIpc) is 2.68. The molecule has 0 saturated carbocycles. The maximum absolute atomic E-state index is 12.5. The number of carbonyl (C=O) groups excluding carboxylic acids is 1. The Hall–Kier alpha value is -2.51. The van der Waals surface area contributed by atoms with E-state index in [2.05, 4.69) is 15.2 Å². The van der Waals surface area contributed by atoms with E-state index in [1.807, 2.05) is 19.1 Å². The molecule has 3 N–H and O–H groups in total. The lowest BCUT2D eigenvalue weighted by Gasteiger charge is -2.32. The molecule has 0 bridgehead atoms. The molecular weight excluding hydrogens is 368 g/mol. The predicted octanol–water partition coefficient (Wildman–Crippen LogP) is 2.48. The van der Waals surface area contributed by atoms with Crippen molar-refractivity contribution in [3.8, 4) is 5.75 Å². The molecule has 1 atom stereocenters. The Labute approximate surface area is 163 Å². The van der Waals surface area contributed by atoms with Crippen LogP contribution in [0.25, 0.3) is 0 Å². The molecule has 1 aliphatic rings. The summed E-state index contributed by atoms with van der Waals surface area (Å²) in [6.07, 6.45) is 1.96. The van der Waals surface area contributed by atoms with Crippen LogP contribution in [0.3, 0.4) is 0 Å². The molecule has 0 spiro atoms. The van der Waals surface area contributed by atoms with Gasteiger partial charge in [-0.15, -0.1) is 0 Å². The third-order valence-electron chi connectivity index (χ3n) is 4.39. The van der Waals surface area contributed by atoms with E-state index < -0.39 is 0 Å². The van der Waals surface area contributed by atoms with Crippen LogP contribution in [0.15, 0.2) is 30.5 Å². The van der Waals surface area contributed by atoms with Gasteiger partial charge in [-0.1, -0.05) is 17.7 Å². The van der Waals surface area contributed by atoms with Crippen LogP contribution in [0, 0.1) is 0 Å². The SMILES string of the molecule is COc1cc(N)c(Cl)cc1C(=O)NCc1ccc(N2CCOC(C)C2)nc1. The molecule has 0 aliphatic carbocycles. The van der Waals surface area contributed by atoms with E-state index in [0.717, 1.165) is 24.5 Å². The largest absolute Gasteiger partial charge is 0.496 e. The van der Waals surface area contributed by atoms with Gasteiger partial charge in [0.2, 0.25) is 0 Å². The zero-order chi connectivity index (χ0) is 19.4. The number of benzene rings is 1. The highest BCUT2D eigenvalue weighted by Gasteiger charge is 2.18. The summed E-state index contributed by atoms with van der Waals surface area (Å²) in [7, 11) is 1.48. The number of pyridine rings is 1. The van der Waals surface area contributed by atoms with E-state index in [0.29, 0.717) is 35.2 Å². The van der Waals surface area contributed by atoms with Gasteiger partial charge in [0.1, 0.15) is 11.6 Å². The summed E-state index contributed by atoms with van der Waals surface area (Å²) >= 11 is 6.02. The molecule has 1 amide bonds. The monoisotopic (exact) mass is 390 g/mol. The molecular formula is C19H23ClN4O3. The Bertz CT molecular complexity index is 813. The molecule has 1 aliphatic heterocycles. The number of amides is 1. The Morgan fingerprint density at radius 3 is 2.96 bits per heavy atom. The van der Waals surface area contributed by atoms with Crippen molar-refractivity contribution in [2.75, 3.05) is 37.4 Å². The minimum Gasteiger partial charge on any atom is -0.496 e. The normalized spacial score (nSPS) is 16.9. The average molecular weight is 391 g/mol. The quantitative estimate of drug-likeness (QED) is 0.762. The van der Waals surface area contributed by atoms with Gasteiger partial charge in [0.05, 0.1) is 36.1 Å². The lowest BCUT2D eigenvalue weighted by atomic mass is 10.1. The third kappa shape index (κ3) is 4.61. The first-order chi connectivity index (χ1) is 13.0. The number of rotatable bonds is 5. The molecule has 1 fully saturated rings. The van der Waals surface area contributed by atoms with Crippen molar-refractivity contribution in [1.29, 1.82) is 0 Å². The van der Waals surface area contributed by atoms with Crippen LogP contribution >= 0.6 is 11.6 Å². The van der Waals surface area contributed by atoms with Crippen molar-refractivity contribution >= 4 is 29.0 Å². The fourth-order valence-electron chi connectivity index (χ4n) is 2.93. The van der Waals surface area contributed by atoms with Crippen molar-refractivity contribution in [2.24, 2.45) is 0 Å². The van der Waals surface area contributed by atoms with Gasteiger partial charge in [0, 0.05) is 31.9 Å². The first kappa shape index (κ1) is 19.3. The summed E-state index contributed by atoms with van der Waals surface area (Å²) in [5.74, 6) is 0.997. The smallest absolute Gasteiger partial charge is 0.255 e. The highest BCUT2D eigenvalue weighted by atomic mass is 35.5. The summed E-state index contributed by atoms with van der Waals surface area (Å²) in [4.78, 5) is 19.2. The molecule has 2 heterocycles. The van der Waals surface area contributed by atoms with Crippen LogP contribution in [0.5, 0.6) is 5.75 Å². The van der Waals surface area contributed by atoms with Gasteiger partial charge in [-0.3, -0.25) is 4.79 Å². The van der Waals surface area contributed by atoms with Gasteiger partial charge < -0.3 is 25.4 Å². The summed E-state index contributed by atoms with van der Waals surface area (Å²) in [5, 5.41) is 3.16. The summed E-state index contributed by atoms with van der Waals surface area (Å²) in [6.45, 7) is 4.74. The second kappa shape index (κ2) is 8.45. The Kier molecular flexibility index (Phi) is 6.03. The first-order valence-electron chi connectivity index (χ1n) is 8.70. The van der Waals surface area contributed by atoms with Gasteiger partial charge in [-0.2, -0.15) is 0 Å². The summed E-state index contributed by atoms with van der Waals surface area (Å²) in [6, 6.07) is 6.96. The van der Waals surface area contributed by atoms with E-state index in [9.17, 15) is 4.79 Å². The number of hydrogen-bond acceptors (Lipinski definition) is 6. The second-order valence-corrected chi connectivity index (χ2v) is 6.82. The number of nitrogens with one attached hydrogen (secondary N) is 1. The van der Waals surface area contributed by atoms with Gasteiger partial charge in [-0.25, -0.2) is 4.98 Å². The number of ether oxygens (including phenoxy) is 2. The Morgan fingerprint density at radius 1 is 1.48 bits per heavy atom. The second-order valence-electron chi connectivity index (χ2n) is 6.41. The molecule has 7 nitrogen and oxygen atoms in total. The maximum Gasteiger partial charge on any atom is 0.255 e. The van der Waals surface area contributed by atoms with Gasteiger partial charge in [0.15, 0.2) is 0 Å². The number of halogens is 1. The highest BCUT2D eigenvalue weighted by molar-refractivity contribution is 6.33.